The first kappa shape index (κ1) is 19.7. The molecule has 0 radical (unpaired) electrons. The number of nitrogens with zero attached hydrogens (tertiary/aromatic N) is 1. The SMILES string of the molecule is CCCCB(N(C)C)[Si](c1ccccc1)(c1ccccc1)c1ccccc1. The van der Waals surface area contributed by atoms with Crippen LogP contribution in [0, 0.1) is 0 Å². The highest BCUT2D eigenvalue weighted by Crippen LogP contribution is 2.18. The molecule has 0 aliphatic heterocycles. The van der Waals surface area contributed by atoms with Gasteiger partial charge in [-0.3, -0.25) is 0 Å². The van der Waals surface area contributed by atoms with E-state index in [1.165, 1.54) is 34.7 Å². The van der Waals surface area contributed by atoms with Gasteiger partial charge in [0.15, 0.2) is 0 Å². The van der Waals surface area contributed by atoms with Gasteiger partial charge in [-0.05, 0) is 14.1 Å². The molecule has 1 nitrogen and oxygen atoms in total. The Hall–Kier alpha value is -2.10. The zero-order valence-corrected chi connectivity index (χ0v) is 17.8. The van der Waals surface area contributed by atoms with E-state index in [1.807, 2.05) is 0 Å². The summed E-state index contributed by atoms with van der Waals surface area (Å²) in [5.41, 5.74) is 0. The first-order valence-corrected chi connectivity index (χ1v) is 12.1. The van der Waals surface area contributed by atoms with Gasteiger partial charge in [0.1, 0.15) is 7.94 Å². The molecular formula is C24H30BNSi. The molecule has 0 bridgehead atoms. The van der Waals surface area contributed by atoms with Crippen molar-refractivity contribution in [1.82, 2.24) is 4.81 Å². The second-order valence-corrected chi connectivity index (χ2v) is 11.5. The summed E-state index contributed by atoms with van der Waals surface area (Å²) in [5.74, 6) is 0. The fourth-order valence-corrected chi connectivity index (χ4v) is 10.2. The predicted octanol–water partition coefficient (Wildman–Crippen LogP) is 3.59. The Bertz CT molecular complexity index is 709. The molecule has 0 heterocycles. The normalized spacial score (nSPS) is 11.6. The minimum Gasteiger partial charge on any atom is -0.349 e. The summed E-state index contributed by atoms with van der Waals surface area (Å²) in [6.07, 6.45) is 4.20. The van der Waals surface area contributed by atoms with E-state index >= 15 is 0 Å². The Balaban J connectivity index is 2.35. The molecule has 3 rings (SSSR count). The van der Waals surface area contributed by atoms with Gasteiger partial charge in [0.05, 0.1) is 0 Å². The highest BCUT2D eigenvalue weighted by molar-refractivity contribution is 7.48. The molecule has 0 aliphatic rings. The maximum atomic E-state index is 2.48. The Morgan fingerprint density at radius 2 is 1.04 bits per heavy atom. The van der Waals surface area contributed by atoms with Crippen molar-refractivity contribution in [1.29, 1.82) is 0 Å². The van der Waals surface area contributed by atoms with E-state index in [9.17, 15) is 0 Å². The molecule has 27 heavy (non-hydrogen) atoms. The minimum absolute atomic E-state index is 0.504. The summed E-state index contributed by atoms with van der Waals surface area (Å²) in [5, 5.41) is 4.49. The maximum Gasteiger partial charge on any atom is 0.229 e. The summed E-state index contributed by atoms with van der Waals surface area (Å²) in [4.78, 5) is 2.48. The van der Waals surface area contributed by atoms with Crippen molar-refractivity contribution in [3.8, 4) is 0 Å². The molecule has 0 N–H and O–H groups in total. The number of hydrogen-bond donors (Lipinski definition) is 0. The molecule has 0 spiro atoms. The molecule has 0 atom stereocenters. The molecule has 138 valence electrons. The highest BCUT2D eigenvalue weighted by atomic mass is 28.3. The zero-order valence-electron chi connectivity index (χ0n) is 16.8. The van der Waals surface area contributed by atoms with Gasteiger partial charge in [0.25, 0.3) is 0 Å². The topological polar surface area (TPSA) is 3.24 Å². The van der Waals surface area contributed by atoms with Crippen molar-refractivity contribution < 1.29 is 0 Å². The zero-order chi connectivity index (χ0) is 19.1. The van der Waals surface area contributed by atoms with E-state index in [4.69, 9.17) is 0 Å². The molecule has 0 fully saturated rings. The summed E-state index contributed by atoms with van der Waals surface area (Å²) >= 11 is 0. The average Bonchev–Trinajstić information content (AvgIpc) is 2.73. The van der Waals surface area contributed by atoms with Crippen LogP contribution < -0.4 is 15.6 Å². The lowest BCUT2D eigenvalue weighted by Crippen LogP contribution is -2.79. The minimum atomic E-state index is -2.23. The van der Waals surface area contributed by atoms with Crippen molar-refractivity contribution in [3.63, 3.8) is 0 Å². The molecule has 3 aromatic carbocycles. The summed E-state index contributed by atoms with van der Waals surface area (Å²) in [7, 11) is 2.29. The van der Waals surface area contributed by atoms with Crippen LogP contribution in [0.1, 0.15) is 19.8 Å². The summed E-state index contributed by atoms with van der Waals surface area (Å²) in [6.45, 7) is 2.30. The molecular weight excluding hydrogens is 341 g/mol. The second kappa shape index (κ2) is 9.21. The van der Waals surface area contributed by atoms with Crippen LogP contribution in [0.4, 0.5) is 0 Å². The van der Waals surface area contributed by atoms with E-state index in [0.29, 0.717) is 6.44 Å². The van der Waals surface area contributed by atoms with Gasteiger partial charge in [-0.1, -0.05) is 133 Å². The van der Waals surface area contributed by atoms with Gasteiger partial charge < -0.3 is 4.81 Å². The molecule has 0 unspecified atom stereocenters. The van der Waals surface area contributed by atoms with Crippen LogP contribution in [0.2, 0.25) is 6.32 Å². The largest absolute Gasteiger partial charge is 0.349 e. The van der Waals surface area contributed by atoms with Gasteiger partial charge in [0.2, 0.25) is 6.44 Å². The highest BCUT2D eigenvalue weighted by Gasteiger charge is 2.49. The van der Waals surface area contributed by atoms with E-state index < -0.39 is 7.94 Å². The van der Waals surface area contributed by atoms with Crippen LogP contribution >= 0.6 is 0 Å². The number of benzene rings is 3. The first-order valence-electron chi connectivity index (χ1n) is 10.0. The maximum absolute atomic E-state index is 2.48. The molecule has 3 heteroatoms. The van der Waals surface area contributed by atoms with Crippen LogP contribution in [0.25, 0.3) is 0 Å². The lowest BCUT2D eigenvalue weighted by molar-refractivity contribution is 0.642. The number of rotatable bonds is 8. The Morgan fingerprint density at radius 3 is 1.33 bits per heavy atom. The fourth-order valence-electron chi connectivity index (χ4n) is 4.44. The number of hydrogen-bond acceptors (Lipinski definition) is 1. The Morgan fingerprint density at radius 1 is 0.667 bits per heavy atom. The van der Waals surface area contributed by atoms with Gasteiger partial charge in [-0.15, -0.1) is 0 Å². The monoisotopic (exact) mass is 371 g/mol. The van der Waals surface area contributed by atoms with Crippen LogP contribution in [0.3, 0.4) is 0 Å². The van der Waals surface area contributed by atoms with Crippen molar-refractivity contribution >= 4 is 29.9 Å². The van der Waals surface area contributed by atoms with Gasteiger partial charge >= 0.3 is 0 Å². The van der Waals surface area contributed by atoms with Gasteiger partial charge in [0, 0.05) is 0 Å². The average molecular weight is 371 g/mol. The van der Waals surface area contributed by atoms with Crippen molar-refractivity contribution in [2.24, 2.45) is 0 Å². The smallest absolute Gasteiger partial charge is 0.229 e. The fraction of sp³-hybridized carbons (Fsp3) is 0.250. The van der Waals surface area contributed by atoms with Crippen molar-refractivity contribution in [2.75, 3.05) is 14.1 Å². The number of unbranched alkanes of at least 4 members (excludes halogenated alkanes) is 1. The summed E-state index contributed by atoms with van der Waals surface area (Å²) in [6, 6.07) is 33.8. The van der Waals surface area contributed by atoms with Crippen LogP contribution in [0.15, 0.2) is 91.0 Å². The molecule has 0 saturated carbocycles. The van der Waals surface area contributed by atoms with Gasteiger partial charge in [-0.2, -0.15) is 0 Å². The second-order valence-electron chi connectivity index (χ2n) is 7.53. The van der Waals surface area contributed by atoms with Crippen LogP contribution in [-0.4, -0.2) is 33.3 Å². The standard InChI is InChI=1S/C24H30BNSi/c1-4-5-21-25(26(2)3)27(22-15-9-6-10-16-22,23-17-11-7-12-18-23)24-19-13-8-14-20-24/h6-20H,4-5,21H2,1-3H3. The predicted molar refractivity (Wildman–Crippen MR) is 123 cm³/mol. The van der Waals surface area contributed by atoms with E-state index in [2.05, 4.69) is 117 Å². The van der Waals surface area contributed by atoms with Crippen molar-refractivity contribution in [2.45, 2.75) is 26.1 Å². The molecule has 0 aromatic heterocycles. The van der Waals surface area contributed by atoms with Gasteiger partial charge in [-0.25, -0.2) is 0 Å². The molecule has 0 saturated heterocycles. The lowest BCUT2D eigenvalue weighted by atomic mass is 9.81. The quantitative estimate of drug-likeness (QED) is 0.432. The third-order valence-corrected chi connectivity index (χ3v) is 11.2. The first-order chi connectivity index (χ1) is 13.2. The third kappa shape index (κ3) is 3.95. The van der Waals surface area contributed by atoms with E-state index in [1.54, 1.807) is 0 Å². The van der Waals surface area contributed by atoms with Crippen LogP contribution in [-0.2, 0) is 0 Å². The van der Waals surface area contributed by atoms with E-state index in [0.717, 1.165) is 0 Å². The third-order valence-electron chi connectivity index (χ3n) is 5.64. The Labute approximate surface area is 166 Å². The van der Waals surface area contributed by atoms with E-state index in [-0.39, 0.29) is 0 Å². The molecule has 0 aliphatic carbocycles. The van der Waals surface area contributed by atoms with Crippen molar-refractivity contribution in [3.05, 3.63) is 91.0 Å². The molecule has 0 amide bonds. The Kier molecular flexibility index (Phi) is 6.70. The lowest BCUT2D eigenvalue weighted by Gasteiger charge is -2.42. The van der Waals surface area contributed by atoms with Crippen LogP contribution in [0.5, 0.6) is 0 Å². The molecule has 3 aromatic rings. The summed E-state index contributed by atoms with van der Waals surface area (Å²) < 4.78 is 0.